The molecule has 147 heavy (non-hydrogen) atoms. The molecule has 5 amide bonds. The molecule has 8 atom stereocenters. The number of hydrogen-bond donors (Lipinski definition) is 5. The van der Waals surface area contributed by atoms with E-state index in [1.807, 2.05) is 236 Å². The van der Waals surface area contributed by atoms with Crippen molar-refractivity contribution in [1.29, 1.82) is 0 Å². The first-order valence-corrected chi connectivity index (χ1v) is 53.3. The fourth-order valence-electron chi connectivity index (χ4n) is 18.1. The largest absolute Gasteiger partial charge is 0.494 e. The second-order valence-corrected chi connectivity index (χ2v) is 44.0. The normalized spacial score (nSPS) is 16.6. The fourth-order valence-corrected chi connectivity index (χ4v) is 22.1. The Labute approximate surface area is 878 Å². The monoisotopic (exact) mass is 2090 g/mol. The van der Waals surface area contributed by atoms with Crippen LogP contribution in [0.3, 0.4) is 0 Å². The van der Waals surface area contributed by atoms with E-state index in [0.29, 0.717) is 107 Å². The molecule has 5 N–H and O–H groups in total. The molecule has 0 bridgehead atoms. The average Bonchev–Trinajstić information content (AvgIpc) is 1.59. The molecule has 2 fully saturated rings. The van der Waals surface area contributed by atoms with E-state index >= 15 is 0 Å². The van der Waals surface area contributed by atoms with Crippen molar-refractivity contribution < 1.29 is 77.0 Å². The molecule has 0 radical (unpaired) electrons. The zero-order chi connectivity index (χ0) is 105. The lowest BCUT2D eigenvalue weighted by molar-refractivity contribution is -0.143. The first kappa shape index (κ1) is 110. The molecule has 36 heteroatoms. The van der Waals surface area contributed by atoms with Crippen molar-refractivity contribution >= 4 is 126 Å². The molecule has 776 valence electrons. The predicted molar refractivity (Wildman–Crippen MR) is 574 cm³/mol. The molecule has 4 aliphatic rings. The van der Waals surface area contributed by atoms with Gasteiger partial charge in [-0.2, -0.15) is 0 Å². The number of amides is 5. The van der Waals surface area contributed by atoms with Crippen LogP contribution in [0.2, 0.25) is 0 Å². The first-order valence-electron chi connectivity index (χ1n) is 49.6. The SMILES string of the molecule is CC(=O)Cl.CC(=O)N[C@H](C(=O)N1C[C@H](O)C[C@H]1C(=O)CCc1ccc(-c2scnc2C)cc1OCCOCCCOc1ccc(C2=N[C@@H](CC(=O)Nc3ccccc3)c3nnc(C)n3-c3sc(C)c(C)c32)cc1)C(C)(C)C.Cc1ncsc1-c1ccc(CCC(=O)[C@@H]2C[C@@H](O)CN2C(=O)[C@@H](C)C(C)(C)C)c(OCCOCCCOc2ccc(C3=N[C@@H](CC(=O)Nc4ccccc4)c4nnc(C)n4-c4sc(C)c(C)c43)cc2)c1. The molecule has 4 aliphatic heterocycles. The zero-order valence-corrected chi connectivity index (χ0v) is 90.3. The number of β-amino-alcohol motifs (C(OH)–C–C–N with tert-alkyl or cyclic N) is 2. The number of aliphatic hydroxyl groups excluding tert-OH is 2. The maximum Gasteiger partial charge on any atom is 0.246 e. The van der Waals surface area contributed by atoms with Crippen LogP contribution in [-0.4, -0.2) is 214 Å². The van der Waals surface area contributed by atoms with Crippen LogP contribution < -0.4 is 34.9 Å². The molecule has 12 aromatic rings. The van der Waals surface area contributed by atoms with Gasteiger partial charge in [0.15, 0.2) is 23.2 Å². The van der Waals surface area contributed by atoms with Crippen LogP contribution in [-0.2, 0) is 60.7 Å². The lowest BCUT2D eigenvalue weighted by Gasteiger charge is -2.35. The molecule has 0 spiro atoms. The van der Waals surface area contributed by atoms with E-state index in [0.717, 1.165) is 126 Å². The summed E-state index contributed by atoms with van der Waals surface area (Å²) in [7, 11) is 0. The number of Topliss-reactive ketones (excluding diaryl/α,β-unsaturated/α-hetero) is 2. The molecule has 6 aromatic heterocycles. The van der Waals surface area contributed by atoms with E-state index in [9.17, 15) is 48.6 Å². The number of aromatic nitrogens is 8. The Morgan fingerprint density at radius 2 is 0.878 bits per heavy atom. The number of carbonyl (C=O) groups excluding carboxylic acids is 8. The van der Waals surface area contributed by atoms with Crippen molar-refractivity contribution in [3.8, 4) is 53.9 Å². The molecular weight excluding hydrogens is 1960 g/mol. The summed E-state index contributed by atoms with van der Waals surface area (Å²) in [5.41, 5.74) is 17.3. The van der Waals surface area contributed by atoms with Gasteiger partial charge in [0.25, 0.3) is 0 Å². The molecule has 31 nitrogen and oxygen atoms in total. The van der Waals surface area contributed by atoms with Gasteiger partial charge < -0.3 is 64.4 Å². The average molecular weight is 2090 g/mol. The number of anilines is 2. The second-order valence-electron chi connectivity index (χ2n) is 39.4. The topological polar surface area (TPSA) is 387 Å². The van der Waals surface area contributed by atoms with Gasteiger partial charge in [-0.25, -0.2) is 9.97 Å². The molecule has 6 aromatic carbocycles. The van der Waals surface area contributed by atoms with E-state index in [2.05, 4.69) is 85.6 Å². The third-order valence-electron chi connectivity index (χ3n) is 26.4. The molecule has 2 saturated heterocycles. The summed E-state index contributed by atoms with van der Waals surface area (Å²) in [5, 5.41) is 49.4. The highest BCUT2D eigenvalue weighted by atomic mass is 35.5. The van der Waals surface area contributed by atoms with Crippen LogP contribution in [0.15, 0.2) is 167 Å². The molecule has 0 unspecified atom stereocenters. The number of ketones is 2. The number of aryl methyl sites for hydroxylation is 8. The van der Waals surface area contributed by atoms with Crippen LogP contribution in [0.1, 0.15) is 215 Å². The number of benzene rings is 6. The van der Waals surface area contributed by atoms with Gasteiger partial charge >= 0.3 is 0 Å². The zero-order valence-electron chi connectivity index (χ0n) is 86.3. The van der Waals surface area contributed by atoms with Gasteiger partial charge in [0.1, 0.15) is 76.0 Å². The lowest BCUT2D eigenvalue weighted by Crippen LogP contribution is -2.56. The summed E-state index contributed by atoms with van der Waals surface area (Å²) in [5.74, 6) is 3.79. The van der Waals surface area contributed by atoms with Crippen LogP contribution in [0.5, 0.6) is 23.0 Å². The van der Waals surface area contributed by atoms with Crippen molar-refractivity contribution in [3.05, 3.63) is 246 Å². The Balaban J connectivity index is 0.000000224. The predicted octanol–water partition coefficient (Wildman–Crippen LogP) is 18.9. The quantitative estimate of drug-likeness (QED) is 0.0176. The summed E-state index contributed by atoms with van der Waals surface area (Å²) < 4.78 is 41.0. The van der Waals surface area contributed by atoms with Gasteiger partial charge in [0, 0.05) is 128 Å². The number of hydrogen-bond acceptors (Lipinski definition) is 28. The van der Waals surface area contributed by atoms with E-state index in [1.165, 1.54) is 23.6 Å². The number of aliphatic imine (C=N–C) groups is 2. The van der Waals surface area contributed by atoms with E-state index < -0.39 is 47.8 Å². The maximum atomic E-state index is 13.8. The third-order valence-corrected chi connectivity index (χ3v) is 30.7. The van der Waals surface area contributed by atoms with E-state index in [1.54, 1.807) is 55.8 Å². The van der Waals surface area contributed by atoms with Crippen molar-refractivity contribution in [3.63, 3.8) is 0 Å². The summed E-state index contributed by atoms with van der Waals surface area (Å²) in [6.07, 6.45) is 1.44. The van der Waals surface area contributed by atoms with Gasteiger partial charge in [-0.3, -0.25) is 57.5 Å². The number of nitrogens with zero attached hydrogens (tertiary/aromatic N) is 12. The third kappa shape index (κ3) is 27.8. The van der Waals surface area contributed by atoms with E-state index in [-0.39, 0.29) is 116 Å². The standard InChI is InChI=1S/C55H64N8O8S2.C54H63N7O7S2.C2H3ClO/c1-32-34(3)73-54-48(32)49(59-43(52-61-60-35(4)63(52)54)29-47(67)58-40-13-10-9-11-14-40)38-17-20-42(21-18-38)70-24-12-23-69-25-26-71-46-27-39(50-33(2)56-31-72-50)16-15-37(46)19-22-45(66)44-28-41(65)30-62(44)53(68)51(55(6,7)8)57-36(5)64;1-32-35(4)70-53-48(32)49(57-43(51-59-58-36(5)61(51)53)29-47(64)56-40-13-10-9-11-14-40)38-17-20-42(21-18-38)67-24-12-23-66-25-26-68-46-27-39(50-34(3)55-31-69-50)16-15-37(46)19-22-45(63)44-28-41(62)30-60(44)52(65)33(2)54(6,7)8;1-2(3)4/h9-11,13-18,20-21,27,31,41,43-44,51,65H,12,19,22-26,28-30H2,1-8H3,(H,57,64)(H,58,67);9-11,13-18,20-21,27,31,33,41,43-44,62H,12,19,22-26,28-30H2,1-8H3,(H,56,64);1H3/t41-,43+,44+,51-;33-,41-,43+,44+;/m11./s1. The number of aliphatic hydroxyl groups is 2. The fraction of sp³-hybridized carbons (Fsp3) is 0.423. The Morgan fingerprint density at radius 3 is 1.25 bits per heavy atom. The van der Waals surface area contributed by atoms with Gasteiger partial charge in [-0.1, -0.05) is 109 Å². The lowest BCUT2D eigenvalue weighted by atomic mass is 9.81. The minimum absolute atomic E-state index is 0.0269. The summed E-state index contributed by atoms with van der Waals surface area (Å²) in [6.45, 7) is 35.6. The van der Waals surface area contributed by atoms with Gasteiger partial charge in [-0.05, 0) is 209 Å². The minimum Gasteiger partial charge on any atom is -0.494 e. The highest BCUT2D eigenvalue weighted by molar-refractivity contribution is 7.15. The van der Waals surface area contributed by atoms with Crippen LogP contribution >= 0.6 is 56.9 Å². The minimum atomic E-state index is -0.848. The number of para-hydroxylation sites is 2. The van der Waals surface area contributed by atoms with Gasteiger partial charge in [0.05, 0.1) is 107 Å². The number of thiophene rings is 2. The first-order chi connectivity index (χ1) is 70.3. The highest BCUT2D eigenvalue weighted by Gasteiger charge is 2.46. The van der Waals surface area contributed by atoms with Crippen LogP contribution in [0, 0.1) is 72.1 Å². The number of halogens is 1. The van der Waals surface area contributed by atoms with Crippen molar-refractivity contribution in [2.75, 3.05) is 76.6 Å². The van der Waals surface area contributed by atoms with Crippen molar-refractivity contribution in [2.24, 2.45) is 26.7 Å². The van der Waals surface area contributed by atoms with Crippen LogP contribution in [0.25, 0.3) is 30.9 Å². The summed E-state index contributed by atoms with van der Waals surface area (Å²) in [6, 6.07) is 43.1. The smallest absolute Gasteiger partial charge is 0.246 e. The highest BCUT2D eigenvalue weighted by Crippen LogP contribution is 2.45. The molecule has 0 aliphatic carbocycles. The maximum absolute atomic E-state index is 13.8. The molecule has 10 heterocycles. The Bertz CT molecular complexity index is 6730. The number of nitrogens with one attached hydrogen (secondary N) is 3. The Kier molecular flexibility index (Phi) is 37.3. The molecular formula is C111H130ClN15O16S4. The van der Waals surface area contributed by atoms with Gasteiger partial charge in [0.2, 0.25) is 34.8 Å². The Hall–Kier alpha value is -12.7. The number of fused-ring (bicyclic) bond motifs is 6. The van der Waals surface area contributed by atoms with Crippen molar-refractivity contribution in [2.45, 2.75) is 224 Å². The number of ether oxygens (including phenoxy) is 6. The number of thiazole rings is 2. The van der Waals surface area contributed by atoms with E-state index in [4.69, 9.17) is 38.4 Å². The number of rotatable bonds is 39. The van der Waals surface area contributed by atoms with Crippen molar-refractivity contribution in [1.82, 2.24) is 54.6 Å². The summed E-state index contributed by atoms with van der Waals surface area (Å²) in [4.78, 5) is 130. The molecule has 0 saturated carbocycles. The Morgan fingerprint density at radius 1 is 0.483 bits per heavy atom. The number of likely N-dealkylation sites (tertiary alicyclic amines) is 2. The second kappa shape index (κ2) is 49.9. The van der Waals surface area contributed by atoms with Gasteiger partial charge in [-0.15, -0.1) is 65.7 Å². The summed E-state index contributed by atoms with van der Waals surface area (Å²) >= 11 is 11.1. The van der Waals surface area contributed by atoms with Crippen LogP contribution in [0.4, 0.5) is 11.4 Å². The number of carbonyl (C=O) groups is 8. The molecule has 16 rings (SSSR count).